The molecule has 3 nitrogen and oxygen atoms in total. The Bertz CT molecular complexity index is 1240. The molecule has 0 saturated carbocycles. The molecule has 0 bridgehead atoms. The van der Waals surface area contributed by atoms with Gasteiger partial charge in [0.05, 0.1) is 5.69 Å². The summed E-state index contributed by atoms with van der Waals surface area (Å²) in [7, 11) is 0. The van der Waals surface area contributed by atoms with Crippen molar-refractivity contribution >= 4 is 17.6 Å². The highest BCUT2D eigenvalue weighted by Crippen LogP contribution is 2.49. The molecule has 6 rings (SSSR count). The third kappa shape index (κ3) is 3.88. The molecule has 0 unspecified atom stereocenters. The molecule has 2 aliphatic heterocycles. The van der Waals surface area contributed by atoms with Gasteiger partial charge in [0.1, 0.15) is 5.75 Å². The van der Waals surface area contributed by atoms with Gasteiger partial charge in [0.15, 0.2) is 0 Å². The van der Waals surface area contributed by atoms with Gasteiger partial charge < -0.3 is 10.0 Å². The van der Waals surface area contributed by atoms with Gasteiger partial charge in [-0.1, -0.05) is 60.7 Å². The van der Waals surface area contributed by atoms with Crippen LogP contribution in [0, 0.1) is 0 Å². The Morgan fingerprint density at radius 3 is 1.76 bits per heavy atom. The van der Waals surface area contributed by atoms with Crippen molar-refractivity contribution in [1.29, 1.82) is 0 Å². The second-order valence-electron chi connectivity index (χ2n) is 9.31. The van der Waals surface area contributed by atoms with E-state index in [0.717, 1.165) is 37.2 Å². The molecule has 0 radical (unpaired) electrons. The minimum absolute atomic E-state index is 0.270. The number of aromatic hydroxyl groups is 1. The number of aliphatic imine (C=N–C) groups is 1. The highest BCUT2D eigenvalue weighted by Gasteiger charge is 2.34. The molecule has 0 amide bonds. The van der Waals surface area contributed by atoms with E-state index < -0.39 is 0 Å². The molecular formula is C31H28N2O. The first-order valence-electron chi connectivity index (χ1n) is 12.1. The van der Waals surface area contributed by atoms with Crippen molar-refractivity contribution in [3.05, 3.63) is 125 Å². The lowest BCUT2D eigenvalue weighted by molar-refractivity contribution is 0.475. The van der Waals surface area contributed by atoms with Crippen LogP contribution in [0.25, 0.3) is 0 Å². The van der Waals surface area contributed by atoms with Crippen LogP contribution in [0.2, 0.25) is 0 Å². The molecular weight excluding hydrogens is 416 g/mol. The van der Waals surface area contributed by atoms with E-state index in [1.165, 1.54) is 27.9 Å². The molecule has 4 aromatic rings. The molecule has 0 aromatic heterocycles. The van der Waals surface area contributed by atoms with Crippen molar-refractivity contribution in [3.8, 4) is 5.75 Å². The maximum atomic E-state index is 9.60. The first kappa shape index (κ1) is 20.7. The number of hydrogen-bond acceptors (Lipinski definition) is 3. The smallest absolute Gasteiger partial charge is 0.115 e. The summed E-state index contributed by atoms with van der Waals surface area (Å²) in [5.41, 5.74) is 8.94. The molecule has 0 saturated heterocycles. The van der Waals surface area contributed by atoms with Crippen molar-refractivity contribution in [3.63, 3.8) is 0 Å². The van der Waals surface area contributed by atoms with E-state index in [4.69, 9.17) is 4.99 Å². The lowest BCUT2D eigenvalue weighted by atomic mass is 9.76. The lowest BCUT2D eigenvalue weighted by Crippen LogP contribution is -2.37. The Hall–Kier alpha value is -3.85. The molecule has 2 aliphatic rings. The highest BCUT2D eigenvalue weighted by atomic mass is 16.3. The number of phenols is 1. The number of benzene rings is 4. The van der Waals surface area contributed by atoms with Crippen LogP contribution >= 0.6 is 0 Å². The van der Waals surface area contributed by atoms with Gasteiger partial charge in [0.2, 0.25) is 0 Å². The summed E-state index contributed by atoms with van der Waals surface area (Å²) in [6.07, 6.45) is 4.14. The van der Waals surface area contributed by atoms with Crippen molar-refractivity contribution in [1.82, 2.24) is 0 Å². The van der Waals surface area contributed by atoms with Crippen LogP contribution in [-0.4, -0.2) is 24.4 Å². The molecule has 1 N–H and O–H groups in total. The standard InChI is InChI=1S/C31H28N2O/c34-26-13-11-22(12-14-26)21-32-25-19-29-27(23-7-3-1-4-8-23)15-17-33-18-16-28(30(20-25)31(29)33)24-9-5-2-6-10-24/h1-14,19-21,27-28,34H,15-18H2/t27-,28-/m1/s1. The maximum absolute atomic E-state index is 9.60. The predicted octanol–water partition coefficient (Wildman–Crippen LogP) is 7.02. The number of anilines is 1. The molecule has 4 aromatic carbocycles. The van der Waals surface area contributed by atoms with Gasteiger partial charge in [0.25, 0.3) is 0 Å². The van der Waals surface area contributed by atoms with Crippen molar-refractivity contribution in [2.24, 2.45) is 4.99 Å². The first-order chi connectivity index (χ1) is 16.8. The number of phenolic OH excluding ortho intramolecular Hbond substituents is 1. The largest absolute Gasteiger partial charge is 0.508 e. The van der Waals surface area contributed by atoms with Gasteiger partial charge in [-0.2, -0.15) is 0 Å². The fourth-order valence-corrected chi connectivity index (χ4v) is 5.62. The van der Waals surface area contributed by atoms with Gasteiger partial charge in [-0.25, -0.2) is 0 Å². The normalized spacial score (nSPS) is 19.2. The van der Waals surface area contributed by atoms with E-state index in [1.807, 2.05) is 18.3 Å². The van der Waals surface area contributed by atoms with Crippen molar-refractivity contribution < 1.29 is 5.11 Å². The molecule has 34 heavy (non-hydrogen) atoms. The Labute approximate surface area is 201 Å². The average molecular weight is 445 g/mol. The third-order valence-corrected chi connectivity index (χ3v) is 7.26. The Morgan fingerprint density at radius 2 is 1.24 bits per heavy atom. The Morgan fingerprint density at radius 1 is 0.706 bits per heavy atom. The fourth-order valence-electron chi connectivity index (χ4n) is 5.62. The van der Waals surface area contributed by atoms with E-state index in [9.17, 15) is 5.11 Å². The monoisotopic (exact) mass is 444 g/mol. The zero-order chi connectivity index (χ0) is 22.9. The molecule has 0 aliphatic carbocycles. The summed E-state index contributed by atoms with van der Waals surface area (Å²) >= 11 is 0. The van der Waals surface area contributed by atoms with Gasteiger partial charge >= 0.3 is 0 Å². The quantitative estimate of drug-likeness (QED) is 0.343. The van der Waals surface area contributed by atoms with Crippen LogP contribution in [-0.2, 0) is 0 Å². The zero-order valence-corrected chi connectivity index (χ0v) is 19.1. The maximum Gasteiger partial charge on any atom is 0.115 e. The van der Waals surface area contributed by atoms with Crippen LogP contribution in [0.1, 0.15) is 52.5 Å². The summed E-state index contributed by atoms with van der Waals surface area (Å²) in [6, 6.07) is 33.6. The number of hydrogen-bond donors (Lipinski definition) is 1. The average Bonchev–Trinajstić information content (AvgIpc) is 2.90. The van der Waals surface area contributed by atoms with Crippen LogP contribution in [0.15, 0.2) is 102 Å². The van der Waals surface area contributed by atoms with Gasteiger partial charge in [-0.15, -0.1) is 0 Å². The first-order valence-corrected chi connectivity index (χ1v) is 12.1. The molecule has 2 atom stereocenters. The van der Waals surface area contributed by atoms with E-state index in [2.05, 4.69) is 77.7 Å². The van der Waals surface area contributed by atoms with E-state index >= 15 is 0 Å². The number of nitrogens with zero attached hydrogens (tertiary/aromatic N) is 2. The molecule has 3 heteroatoms. The van der Waals surface area contributed by atoms with Crippen LogP contribution in [0.3, 0.4) is 0 Å². The summed E-state index contributed by atoms with van der Waals surface area (Å²) in [5, 5.41) is 9.60. The highest BCUT2D eigenvalue weighted by molar-refractivity contribution is 5.83. The second kappa shape index (κ2) is 8.83. The molecule has 2 heterocycles. The Kier molecular flexibility index (Phi) is 5.38. The van der Waals surface area contributed by atoms with E-state index in [0.29, 0.717) is 11.8 Å². The van der Waals surface area contributed by atoms with Crippen LogP contribution in [0.5, 0.6) is 5.75 Å². The van der Waals surface area contributed by atoms with Crippen molar-refractivity contribution in [2.45, 2.75) is 24.7 Å². The molecule has 168 valence electrons. The molecule has 0 fully saturated rings. The lowest BCUT2D eigenvalue weighted by Gasteiger charge is -2.43. The second-order valence-corrected chi connectivity index (χ2v) is 9.31. The van der Waals surface area contributed by atoms with Crippen molar-refractivity contribution in [2.75, 3.05) is 18.0 Å². The van der Waals surface area contributed by atoms with E-state index in [-0.39, 0.29) is 5.75 Å². The summed E-state index contributed by atoms with van der Waals surface area (Å²) in [6.45, 7) is 2.19. The summed E-state index contributed by atoms with van der Waals surface area (Å²) < 4.78 is 0. The predicted molar refractivity (Wildman–Crippen MR) is 140 cm³/mol. The SMILES string of the molecule is Oc1ccc(C=Nc2cc3c4c(c2)[C@@H](c2ccccc2)CCN4CC[C@@H]3c2ccccc2)cc1. The third-order valence-electron chi connectivity index (χ3n) is 7.26. The summed E-state index contributed by atoms with van der Waals surface area (Å²) in [5.74, 6) is 1.03. The Balaban J connectivity index is 1.49. The summed E-state index contributed by atoms with van der Waals surface area (Å²) in [4.78, 5) is 7.50. The number of rotatable bonds is 4. The van der Waals surface area contributed by atoms with Gasteiger partial charge in [0, 0.05) is 36.8 Å². The zero-order valence-electron chi connectivity index (χ0n) is 19.1. The topological polar surface area (TPSA) is 35.8 Å². The minimum Gasteiger partial charge on any atom is -0.508 e. The van der Waals surface area contributed by atoms with Gasteiger partial charge in [-0.3, -0.25) is 4.99 Å². The minimum atomic E-state index is 0.270. The van der Waals surface area contributed by atoms with Gasteiger partial charge in [-0.05, 0) is 77.1 Å². The van der Waals surface area contributed by atoms with Crippen LogP contribution in [0.4, 0.5) is 11.4 Å². The fraction of sp³-hybridized carbons (Fsp3) is 0.194. The molecule has 0 spiro atoms. The van der Waals surface area contributed by atoms with E-state index in [1.54, 1.807) is 12.1 Å². The van der Waals surface area contributed by atoms with Crippen LogP contribution < -0.4 is 4.90 Å².